The summed E-state index contributed by atoms with van der Waals surface area (Å²) in [5.41, 5.74) is 3.58. The summed E-state index contributed by atoms with van der Waals surface area (Å²) in [5, 5.41) is 6.76. The van der Waals surface area contributed by atoms with E-state index in [4.69, 9.17) is 4.52 Å². The summed E-state index contributed by atoms with van der Waals surface area (Å²) in [6.07, 6.45) is 1.11. The molecular weight excluding hydrogens is 400 g/mol. The van der Waals surface area contributed by atoms with Crippen LogP contribution in [0.15, 0.2) is 33.1 Å². The van der Waals surface area contributed by atoms with E-state index in [1.54, 1.807) is 25.4 Å². The molecule has 8 nitrogen and oxygen atoms in total. The molecule has 0 aliphatic carbocycles. The summed E-state index contributed by atoms with van der Waals surface area (Å²) >= 11 is 1.49. The molecule has 1 aliphatic rings. The lowest BCUT2D eigenvalue weighted by molar-refractivity contribution is 0.0924. The van der Waals surface area contributed by atoms with Crippen LogP contribution in [-0.2, 0) is 10.0 Å². The van der Waals surface area contributed by atoms with Crippen LogP contribution in [-0.4, -0.2) is 47.9 Å². The molecule has 4 rings (SSSR count). The molecule has 1 fully saturated rings. The molecule has 3 heterocycles. The first-order valence-corrected chi connectivity index (χ1v) is 11.3. The molecule has 1 amide bonds. The van der Waals surface area contributed by atoms with E-state index in [0.29, 0.717) is 42.9 Å². The number of fused-ring (bicyclic) bond motifs is 1. The highest BCUT2D eigenvalue weighted by atomic mass is 32.2. The van der Waals surface area contributed by atoms with E-state index in [1.807, 2.05) is 12.1 Å². The van der Waals surface area contributed by atoms with Gasteiger partial charge in [-0.25, -0.2) is 13.4 Å². The van der Waals surface area contributed by atoms with E-state index >= 15 is 0 Å². The van der Waals surface area contributed by atoms with Crippen molar-refractivity contribution in [2.45, 2.75) is 37.6 Å². The van der Waals surface area contributed by atoms with Crippen LogP contribution in [0.3, 0.4) is 0 Å². The molecule has 10 heteroatoms. The summed E-state index contributed by atoms with van der Waals surface area (Å²) in [4.78, 5) is 16.9. The fourth-order valence-corrected chi connectivity index (χ4v) is 5.95. The molecule has 0 radical (unpaired) electrons. The van der Waals surface area contributed by atoms with E-state index < -0.39 is 10.0 Å². The number of nitrogens with one attached hydrogen (secondary N) is 1. The molecule has 3 aromatic rings. The number of rotatable bonds is 4. The predicted octanol–water partition coefficient (Wildman–Crippen LogP) is 2.48. The summed E-state index contributed by atoms with van der Waals surface area (Å²) in [5.74, 6) is 0.147. The van der Waals surface area contributed by atoms with Crippen LogP contribution in [0.5, 0.6) is 0 Å². The second kappa shape index (κ2) is 7.26. The van der Waals surface area contributed by atoms with Crippen molar-refractivity contribution in [3.8, 4) is 0 Å². The van der Waals surface area contributed by atoms with Crippen molar-refractivity contribution in [2.24, 2.45) is 0 Å². The minimum Gasteiger partial charge on any atom is -0.360 e. The largest absolute Gasteiger partial charge is 0.360 e. The fourth-order valence-electron chi connectivity index (χ4n) is 3.48. The number of piperidine rings is 1. The van der Waals surface area contributed by atoms with Gasteiger partial charge in [0.25, 0.3) is 5.91 Å². The zero-order chi connectivity index (χ0) is 19.9. The molecule has 1 N–H and O–H groups in total. The van der Waals surface area contributed by atoms with Gasteiger partial charge in [-0.3, -0.25) is 4.79 Å². The molecule has 1 aromatic carbocycles. The number of amides is 1. The number of aryl methyl sites for hydroxylation is 2. The lowest BCUT2D eigenvalue weighted by Crippen LogP contribution is -2.46. The number of hydrogen-bond acceptors (Lipinski definition) is 7. The van der Waals surface area contributed by atoms with Crippen molar-refractivity contribution < 1.29 is 17.7 Å². The molecule has 0 unspecified atom stereocenters. The minimum atomic E-state index is -3.64. The lowest BCUT2D eigenvalue weighted by atomic mass is 10.1. The van der Waals surface area contributed by atoms with Gasteiger partial charge in [0.1, 0.15) is 10.6 Å². The SMILES string of the molecule is Cc1noc(C)c1S(=O)(=O)N1CCC(NC(=O)c2ccc3ncsc3c2)CC1. The van der Waals surface area contributed by atoms with Gasteiger partial charge < -0.3 is 9.84 Å². The lowest BCUT2D eigenvalue weighted by Gasteiger charge is -2.31. The normalized spacial score (nSPS) is 16.5. The molecule has 2 aromatic heterocycles. The van der Waals surface area contributed by atoms with Crippen molar-refractivity contribution >= 4 is 37.5 Å². The molecule has 1 aliphatic heterocycles. The maximum atomic E-state index is 12.9. The number of nitrogens with zero attached hydrogens (tertiary/aromatic N) is 3. The molecule has 0 atom stereocenters. The van der Waals surface area contributed by atoms with E-state index in [2.05, 4.69) is 15.5 Å². The van der Waals surface area contributed by atoms with Crippen LogP contribution in [0, 0.1) is 13.8 Å². The highest BCUT2D eigenvalue weighted by Crippen LogP contribution is 2.26. The van der Waals surface area contributed by atoms with Crippen LogP contribution in [0.25, 0.3) is 10.2 Å². The number of hydrogen-bond donors (Lipinski definition) is 1. The van der Waals surface area contributed by atoms with Crippen LogP contribution in [0.4, 0.5) is 0 Å². The molecule has 1 saturated heterocycles. The monoisotopic (exact) mass is 420 g/mol. The van der Waals surface area contributed by atoms with Crippen LogP contribution < -0.4 is 5.32 Å². The molecule has 148 valence electrons. The van der Waals surface area contributed by atoms with Crippen LogP contribution >= 0.6 is 11.3 Å². The van der Waals surface area contributed by atoms with Crippen molar-refractivity contribution in [2.75, 3.05) is 13.1 Å². The van der Waals surface area contributed by atoms with Crippen molar-refractivity contribution in [3.63, 3.8) is 0 Å². The van der Waals surface area contributed by atoms with Gasteiger partial charge in [-0.2, -0.15) is 4.31 Å². The van der Waals surface area contributed by atoms with E-state index in [1.165, 1.54) is 15.6 Å². The Morgan fingerprint density at radius 2 is 2.04 bits per heavy atom. The van der Waals surface area contributed by atoms with Crippen LogP contribution in [0.2, 0.25) is 0 Å². The average molecular weight is 421 g/mol. The van der Waals surface area contributed by atoms with Crippen molar-refractivity contribution in [1.29, 1.82) is 0 Å². The van der Waals surface area contributed by atoms with Crippen molar-refractivity contribution in [1.82, 2.24) is 19.8 Å². The van der Waals surface area contributed by atoms with Gasteiger partial charge >= 0.3 is 0 Å². The highest BCUT2D eigenvalue weighted by molar-refractivity contribution is 7.89. The van der Waals surface area contributed by atoms with E-state index in [-0.39, 0.29) is 16.8 Å². The Morgan fingerprint density at radius 3 is 2.71 bits per heavy atom. The Balaban J connectivity index is 1.40. The second-order valence-electron chi connectivity index (χ2n) is 6.84. The van der Waals surface area contributed by atoms with E-state index in [9.17, 15) is 13.2 Å². The standard InChI is InChI=1S/C18H20N4O4S2/c1-11-17(12(2)26-21-11)28(24,25)22-7-5-14(6-8-22)20-18(23)13-3-4-15-16(9-13)27-10-19-15/h3-4,9-10,14H,5-8H2,1-2H3,(H,20,23). The zero-order valence-electron chi connectivity index (χ0n) is 15.5. The number of benzene rings is 1. The third-order valence-electron chi connectivity index (χ3n) is 4.95. The topological polar surface area (TPSA) is 105 Å². The number of sulfonamides is 1. The van der Waals surface area contributed by atoms with E-state index in [0.717, 1.165) is 10.2 Å². The summed E-state index contributed by atoms with van der Waals surface area (Å²) in [7, 11) is -3.64. The molecule has 0 spiro atoms. The Bertz CT molecular complexity index is 1110. The fraction of sp³-hybridized carbons (Fsp3) is 0.389. The van der Waals surface area contributed by atoms with Crippen molar-refractivity contribution in [3.05, 3.63) is 40.7 Å². The number of thiazole rings is 1. The third kappa shape index (κ3) is 3.43. The van der Waals surface area contributed by atoms with Gasteiger partial charge in [0, 0.05) is 24.7 Å². The maximum absolute atomic E-state index is 12.9. The number of carbonyl (C=O) groups is 1. The first-order valence-electron chi connectivity index (χ1n) is 8.93. The quantitative estimate of drug-likeness (QED) is 0.695. The first kappa shape index (κ1) is 19.0. The second-order valence-corrected chi connectivity index (χ2v) is 9.60. The highest BCUT2D eigenvalue weighted by Gasteiger charge is 2.34. The molecular formula is C18H20N4O4S2. The van der Waals surface area contributed by atoms with Gasteiger partial charge in [0.2, 0.25) is 10.0 Å². The van der Waals surface area contributed by atoms with Gasteiger partial charge in [-0.05, 0) is 44.9 Å². The van der Waals surface area contributed by atoms with Gasteiger partial charge in [-0.15, -0.1) is 11.3 Å². The predicted molar refractivity (Wildman–Crippen MR) is 105 cm³/mol. The Hall–Kier alpha value is -2.30. The first-order chi connectivity index (χ1) is 13.4. The third-order valence-corrected chi connectivity index (χ3v) is 7.88. The Morgan fingerprint density at radius 1 is 1.29 bits per heavy atom. The number of aromatic nitrogens is 2. The zero-order valence-corrected chi connectivity index (χ0v) is 17.1. The van der Waals surface area contributed by atoms with Crippen LogP contribution in [0.1, 0.15) is 34.7 Å². The minimum absolute atomic E-state index is 0.0687. The number of carbonyl (C=O) groups excluding carboxylic acids is 1. The summed E-state index contributed by atoms with van der Waals surface area (Å²) < 4.78 is 33.2. The van der Waals surface area contributed by atoms with Gasteiger partial charge in [-0.1, -0.05) is 5.16 Å². The average Bonchev–Trinajstić information content (AvgIpc) is 3.27. The summed E-state index contributed by atoms with van der Waals surface area (Å²) in [6, 6.07) is 5.36. The molecule has 0 saturated carbocycles. The molecule has 0 bridgehead atoms. The summed E-state index contributed by atoms with van der Waals surface area (Å²) in [6.45, 7) is 3.90. The van der Waals surface area contributed by atoms with Gasteiger partial charge in [0.05, 0.1) is 15.7 Å². The Kier molecular flexibility index (Phi) is 4.94. The smallest absolute Gasteiger partial charge is 0.251 e. The maximum Gasteiger partial charge on any atom is 0.251 e. The Labute approximate surface area is 166 Å². The van der Waals surface area contributed by atoms with Gasteiger partial charge in [0.15, 0.2) is 5.76 Å². The molecule has 28 heavy (non-hydrogen) atoms.